The molecule has 0 radical (unpaired) electrons. The molecule has 4 heteroatoms. The Balaban J connectivity index is 2.17. The summed E-state index contributed by atoms with van der Waals surface area (Å²) in [4.78, 5) is 12.2. The number of hydrogen-bond donors (Lipinski definition) is 2. The Bertz CT molecular complexity index is 537. The number of nitrogens with one attached hydrogen (secondary N) is 1. The second-order valence-corrected chi connectivity index (χ2v) is 5.37. The van der Waals surface area contributed by atoms with Crippen LogP contribution in [0, 0.1) is 0 Å². The molecule has 1 unspecified atom stereocenters. The first-order chi connectivity index (χ1) is 9.20. The molecule has 2 aromatic rings. The standard InChI is InChI=1S/C15H17NO2S/c1-2-5-13(14-8-4-9-19-14)16-12-7-3-6-11(10-12)15(17)18/h3-4,6-10,13,16H,2,5H2,1H3,(H,17,18). The van der Waals surface area contributed by atoms with Crippen LogP contribution in [0.25, 0.3) is 0 Å². The molecule has 1 aromatic carbocycles. The predicted molar refractivity (Wildman–Crippen MR) is 79.0 cm³/mol. The maximum absolute atomic E-state index is 11.0. The number of carbonyl (C=O) groups is 1. The number of carboxylic acid groups (broad SMARTS) is 1. The Kier molecular flexibility index (Phi) is 4.58. The van der Waals surface area contributed by atoms with Gasteiger partial charge in [-0.05, 0) is 36.1 Å². The molecule has 100 valence electrons. The summed E-state index contributed by atoms with van der Waals surface area (Å²) in [5.41, 5.74) is 1.16. The average molecular weight is 275 g/mol. The van der Waals surface area contributed by atoms with Gasteiger partial charge in [-0.1, -0.05) is 25.5 Å². The van der Waals surface area contributed by atoms with E-state index < -0.39 is 5.97 Å². The molecule has 0 aliphatic carbocycles. The Morgan fingerprint density at radius 3 is 2.84 bits per heavy atom. The molecule has 0 aliphatic rings. The third kappa shape index (κ3) is 3.58. The highest BCUT2D eigenvalue weighted by Crippen LogP contribution is 2.27. The van der Waals surface area contributed by atoms with E-state index in [2.05, 4.69) is 23.7 Å². The van der Waals surface area contributed by atoms with Gasteiger partial charge in [-0.25, -0.2) is 4.79 Å². The van der Waals surface area contributed by atoms with E-state index in [1.54, 1.807) is 29.5 Å². The number of anilines is 1. The Hall–Kier alpha value is -1.81. The van der Waals surface area contributed by atoms with Crippen LogP contribution in [0.2, 0.25) is 0 Å². The van der Waals surface area contributed by atoms with Gasteiger partial charge in [0.15, 0.2) is 0 Å². The third-order valence-electron chi connectivity index (χ3n) is 2.91. The lowest BCUT2D eigenvalue weighted by atomic mass is 10.1. The smallest absolute Gasteiger partial charge is 0.335 e. The van der Waals surface area contributed by atoms with Crippen LogP contribution in [0.1, 0.15) is 41.0 Å². The van der Waals surface area contributed by atoms with E-state index in [0.717, 1.165) is 18.5 Å². The summed E-state index contributed by atoms with van der Waals surface area (Å²) in [5.74, 6) is -0.896. The number of rotatable bonds is 6. The topological polar surface area (TPSA) is 49.3 Å². The second kappa shape index (κ2) is 6.38. The third-order valence-corrected chi connectivity index (χ3v) is 3.90. The maximum Gasteiger partial charge on any atom is 0.335 e. The van der Waals surface area contributed by atoms with Crippen LogP contribution < -0.4 is 5.32 Å². The predicted octanol–water partition coefficient (Wildman–Crippen LogP) is 4.40. The van der Waals surface area contributed by atoms with Crippen LogP contribution in [0.5, 0.6) is 0 Å². The lowest BCUT2D eigenvalue weighted by Crippen LogP contribution is -2.09. The van der Waals surface area contributed by atoms with Crippen molar-refractivity contribution in [3.63, 3.8) is 0 Å². The van der Waals surface area contributed by atoms with Crippen LogP contribution >= 0.6 is 11.3 Å². The van der Waals surface area contributed by atoms with Crippen LogP contribution in [0.15, 0.2) is 41.8 Å². The van der Waals surface area contributed by atoms with Gasteiger partial charge in [-0.3, -0.25) is 0 Å². The number of thiophene rings is 1. The van der Waals surface area contributed by atoms with Crippen LogP contribution in [-0.4, -0.2) is 11.1 Å². The zero-order valence-corrected chi connectivity index (χ0v) is 11.6. The molecule has 1 atom stereocenters. The Labute approximate surface area is 116 Å². The van der Waals surface area contributed by atoms with Crippen molar-refractivity contribution in [3.05, 3.63) is 52.2 Å². The van der Waals surface area contributed by atoms with E-state index in [-0.39, 0.29) is 6.04 Å². The van der Waals surface area contributed by atoms with Gasteiger partial charge in [0.1, 0.15) is 0 Å². The minimum absolute atomic E-state index is 0.244. The summed E-state index contributed by atoms with van der Waals surface area (Å²) in [5, 5.41) is 14.5. The first-order valence-electron chi connectivity index (χ1n) is 6.34. The van der Waals surface area contributed by atoms with Crippen LogP contribution in [0.4, 0.5) is 5.69 Å². The van der Waals surface area contributed by atoms with Crippen molar-refractivity contribution in [2.24, 2.45) is 0 Å². The van der Waals surface area contributed by atoms with E-state index in [1.807, 2.05) is 12.1 Å². The largest absolute Gasteiger partial charge is 0.478 e. The van der Waals surface area contributed by atoms with Crippen molar-refractivity contribution in [3.8, 4) is 0 Å². The fraction of sp³-hybridized carbons (Fsp3) is 0.267. The maximum atomic E-state index is 11.0. The molecule has 1 aromatic heterocycles. The fourth-order valence-electron chi connectivity index (χ4n) is 2.01. The minimum Gasteiger partial charge on any atom is -0.478 e. The fourth-order valence-corrected chi connectivity index (χ4v) is 2.82. The first kappa shape index (κ1) is 13.6. The van der Waals surface area contributed by atoms with E-state index >= 15 is 0 Å². The van der Waals surface area contributed by atoms with Gasteiger partial charge in [-0.15, -0.1) is 11.3 Å². The number of carboxylic acids is 1. The van der Waals surface area contributed by atoms with Crippen molar-refractivity contribution < 1.29 is 9.90 Å². The summed E-state index contributed by atoms with van der Waals surface area (Å²) in [7, 11) is 0. The zero-order valence-electron chi connectivity index (χ0n) is 10.8. The quantitative estimate of drug-likeness (QED) is 0.821. The molecule has 0 saturated carbocycles. The summed E-state index contributed by atoms with van der Waals surface area (Å²) in [6.07, 6.45) is 2.10. The Morgan fingerprint density at radius 2 is 2.21 bits per heavy atom. The van der Waals surface area contributed by atoms with Gasteiger partial charge in [0.05, 0.1) is 11.6 Å². The highest BCUT2D eigenvalue weighted by Gasteiger charge is 2.12. The number of hydrogen-bond acceptors (Lipinski definition) is 3. The van der Waals surface area contributed by atoms with Gasteiger partial charge < -0.3 is 10.4 Å². The monoisotopic (exact) mass is 275 g/mol. The molecule has 0 saturated heterocycles. The molecule has 1 heterocycles. The highest BCUT2D eigenvalue weighted by atomic mass is 32.1. The lowest BCUT2D eigenvalue weighted by molar-refractivity contribution is 0.0697. The molecule has 3 nitrogen and oxygen atoms in total. The number of aromatic carboxylic acids is 1. The molecular formula is C15H17NO2S. The van der Waals surface area contributed by atoms with E-state index in [1.165, 1.54) is 4.88 Å². The molecule has 2 N–H and O–H groups in total. The van der Waals surface area contributed by atoms with Gasteiger partial charge in [-0.2, -0.15) is 0 Å². The van der Waals surface area contributed by atoms with Gasteiger partial charge >= 0.3 is 5.97 Å². The van der Waals surface area contributed by atoms with E-state index in [4.69, 9.17) is 5.11 Å². The summed E-state index contributed by atoms with van der Waals surface area (Å²) >= 11 is 1.72. The average Bonchev–Trinajstić information content (AvgIpc) is 2.92. The van der Waals surface area contributed by atoms with Crippen molar-refractivity contribution in [2.75, 3.05) is 5.32 Å². The van der Waals surface area contributed by atoms with Gasteiger partial charge in [0.25, 0.3) is 0 Å². The number of benzene rings is 1. The zero-order chi connectivity index (χ0) is 13.7. The van der Waals surface area contributed by atoms with Crippen molar-refractivity contribution in [1.82, 2.24) is 0 Å². The van der Waals surface area contributed by atoms with Crippen LogP contribution in [0.3, 0.4) is 0 Å². The van der Waals surface area contributed by atoms with Crippen molar-refractivity contribution in [1.29, 1.82) is 0 Å². The molecule has 0 fully saturated rings. The SMILES string of the molecule is CCCC(Nc1cccc(C(=O)O)c1)c1cccs1. The molecule has 19 heavy (non-hydrogen) atoms. The van der Waals surface area contributed by atoms with Gasteiger partial charge in [0.2, 0.25) is 0 Å². The van der Waals surface area contributed by atoms with Crippen molar-refractivity contribution in [2.45, 2.75) is 25.8 Å². The minimum atomic E-state index is -0.896. The second-order valence-electron chi connectivity index (χ2n) is 4.39. The summed E-state index contributed by atoms with van der Waals surface area (Å²) in [6, 6.07) is 11.4. The van der Waals surface area contributed by atoms with Crippen molar-refractivity contribution >= 4 is 23.0 Å². The van der Waals surface area contributed by atoms with Crippen LogP contribution in [-0.2, 0) is 0 Å². The molecule has 0 spiro atoms. The molecular weight excluding hydrogens is 258 g/mol. The van der Waals surface area contributed by atoms with E-state index in [9.17, 15) is 4.79 Å². The molecule has 0 bridgehead atoms. The Morgan fingerprint density at radius 1 is 1.37 bits per heavy atom. The molecule has 0 amide bonds. The summed E-state index contributed by atoms with van der Waals surface area (Å²) in [6.45, 7) is 2.15. The highest BCUT2D eigenvalue weighted by molar-refractivity contribution is 7.10. The lowest BCUT2D eigenvalue weighted by Gasteiger charge is -2.18. The first-order valence-corrected chi connectivity index (χ1v) is 7.22. The summed E-state index contributed by atoms with van der Waals surface area (Å²) < 4.78 is 0. The molecule has 2 rings (SSSR count). The van der Waals surface area contributed by atoms with E-state index in [0.29, 0.717) is 5.56 Å². The van der Waals surface area contributed by atoms with Gasteiger partial charge in [0, 0.05) is 10.6 Å². The normalized spacial score (nSPS) is 12.1. The molecule has 0 aliphatic heterocycles.